The molecule has 2 N–H and O–H groups in total. The van der Waals surface area contributed by atoms with Crippen molar-refractivity contribution in [3.8, 4) is 11.5 Å². The Morgan fingerprint density at radius 2 is 2.04 bits per heavy atom. The predicted octanol–water partition coefficient (Wildman–Crippen LogP) is 3.02. The first-order valence-corrected chi connectivity index (χ1v) is 7.65. The molecule has 1 amide bonds. The molecule has 0 atom stereocenters. The molecule has 0 saturated carbocycles. The third kappa shape index (κ3) is 3.58. The summed E-state index contributed by atoms with van der Waals surface area (Å²) in [5.74, 6) is 0.283. The van der Waals surface area contributed by atoms with E-state index in [2.05, 4.69) is 15.5 Å². The number of nitrogens with one attached hydrogen (secondary N) is 1. The first-order chi connectivity index (χ1) is 12.1. The fourth-order valence-electron chi connectivity index (χ4n) is 2.48. The molecule has 0 spiro atoms. The number of fused-ring (bicyclic) bond motifs is 1. The number of aromatic nitrogens is 1. The van der Waals surface area contributed by atoms with Crippen molar-refractivity contribution in [2.75, 3.05) is 7.11 Å². The minimum Gasteiger partial charge on any atom is -0.507 e. The molecule has 0 bridgehead atoms. The van der Waals surface area contributed by atoms with Crippen LogP contribution in [0.4, 0.5) is 0 Å². The van der Waals surface area contributed by atoms with E-state index in [4.69, 9.17) is 4.74 Å². The van der Waals surface area contributed by atoms with Crippen LogP contribution in [-0.4, -0.2) is 29.3 Å². The van der Waals surface area contributed by atoms with Crippen LogP contribution in [0.5, 0.6) is 11.5 Å². The van der Waals surface area contributed by atoms with Crippen molar-refractivity contribution in [3.05, 3.63) is 65.4 Å². The average molecular weight is 335 g/mol. The van der Waals surface area contributed by atoms with Crippen molar-refractivity contribution >= 4 is 23.0 Å². The van der Waals surface area contributed by atoms with Crippen molar-refractivity contribution < 1.29 is 14.6 Å². The summed E-state index contributed by atoms with van der Waals surface area (Å²) in [7, 11) is 1.53. The highest BCUT2D eigenvalue weighted by molar-refractivity contribution is 6.06. The maximum absolute atomic E-state index is 12.5. The Kier molecular flexibility index (Phi) is 4.61. The maximum Gasteiger partial charge on any atom is 0.272 e. The summed E-state index contributed by atoms with van der Waals surface area (Å²) in [5.41, 5.74) is 4.92. The van der Waals surface area contributed by atoms with E-state index in [1.165, 1.54) is 19.4 Å². The zero-order valence-electron chi connectivity index (χ0n) is 13.9. The van der Waals surface area contributed by atoms with Crippen LogP contribution >= 0.6 is 0 Å². The van der Waals surface area contributed by atoms with E-state index in [0.717, 1.165) is 16.6 Å². The van der Waals surface area contributed by atoms with Gasteiger partial charge < -0.3 is 9.84 Å². The Morgan fingerprint density at radius 3 is 2.84 bits per heavy atom. The topological polar surface area (TPSA) is 83.8 Å². The molecular weight excluding hydrogens is 318 g/mol. The Labute approximate surface area is 144 Å². The molecule has 0 aliphatic carbocycles. The fourth-order valence-corrected chi connectivity index (χ4v) is 2.48. The number of pyridine rings is 1. The van der Waals surface area contributed by atoms with E-state index in [9.17, 15) is 9.90 Å². The van der Waals surface area contributed by atoms with E-state index in [-0.39, 0.29) is 11.7 Å². The Bertz CT molecular complexity index is 967. The molecule has 3 aromatic rings. The van der Waals surface area contributed by atoms with Gasteiger partial charge in [-0.25, -0.2) is 5.43 Å². The molecule has 1 aromatic heterocycles. The Hall–Kier alpha value is -3.41. The molecule has 2 aromatic carbocycles. The molecule has 0 unspecified atom stereocenters. The van der Waals surface area contributed by atoms with Crippen molar-refractivity contribution in [2.45, 2.75) is 6.92 Å². The highest BCUT2D eigenvalue weighted by Crippen LogP contribution is 2.21. The van der Waals surface area contributed by atoms with Crippen LogP contribution in [0.3, 0.4) is 0 Å². The van der Waals surface area contributed by atoms with E-state index in [1.54, 1.807) is 18.2 Å². The molecule has 3 rings (SSSR count). The van der Waals surface area contributed by atoms with Gasteiger partial charge in [-0.05, 0) is 37.3 Å². The molecule has 0 aliphatic heterocycles. The van der Waals surface area contributed by atoms with E-state index in [1.807, 2.05) is 31.2 Å². The maximum atomic E-state index is 12.5. The van der Waals surface area contributed by atoms with Crippen molar-refractivity contribution in [3.63, 3.8) is 0 Å². The van der Waals surface area contributed by atoms with Gasteiger partial charge in [-0.3, -0.25) is 9.78 Å². The summed E-state index contributed by atoms with van der Waals surface area (Å²) >= 11 is 0. The number of hydrogen-bond donors (Lipinski definition) is 2. The number of phenolic OH excluding ortho intramolecular Hbond substituents is 1. The van der Waals surface area contributed by atoms with Gasteiger partial charge in [0.25, 0.3) is 5.91 Å². The van der Waals surface area contributed by atoms with Gasteiger partial charge >= 0.3 is 0 Å². The lowest BCUT2D eigenvalue weighted by atomic mass is 10.1. The molecule has 0 saturated heterocycles. The number of aromatic hydroxyl groups is 1. The molecule has 0 radical (unpaired) electrons. The van der Waals surface area contributed by atoms with Crippen LogP contribution in [0, 0.1) is 6.92 Å². The number of amides is 1. The molecule has 25 heavy (non-hydrogen) atoms. The van der Waals surface area contributed by atoms with Crippen molar-refractivity contribution in [1.82, 2.24) is 10.4 Å². The van der Waals surface area contributed by atoms with Crippen LogP contribution in [0.25, 0.3) is 10.9 Å². The number of nitrogens with zero attached hydrogens (tertiary/aromatic N) is 2. The van der Waals surface area contributed by atoms with Crippen LogP contribution in [0.15, 0.2) is 53.6 Å². The molecule has 0 aliphatic rings. The molecule has 6 nitrogen and oxygen atoms in total. The van der Waals surface area contributed by atoms with Crippen LogP contribution < -0.4 is 10.2 Å². The quantitative estimate of drug-likeness (QED) is 0.567. The monoisotopic (exact) mass is 335 g/mol. The summed E-state index contributed by atoms with van der Waals surface area (Å²) in [4.78, 5) is 16.9. The standard InChI is InChI=1S/C19H17N3O3/c1-12-9-16(15-5-3-4-6-17(15)21-12)19(24)22-20-11-13-10-14(25-2)7-8-18(13)23/h3-11,23H,1-2H3,(H,22,24). The van der Waals surface area contributed by atoms with Gasteiger partial charge in [-0.1, -0.05) is 18.2 Å². The van der Waals surface area contributed by atoms with Crippen LogP contribution in [-0.2, 0) is 0 Å². The number of carbonyl (C=O) groups excluding carboxylic acids is 1. The van der Waals surface area contributed by atoms with E-state index >= 15 is 0 Å². The highest BCUT2D eigenvalue weighted by Gasteiger charge is 2.11. The lowest BCUT2D eigenvalue weighted by Gasteiger charge is -2.06. The second kappa shape index (κ2) is 7.00. The molecule has 6 heteroatoms. The number of ether oxygens (including phenoxy) is 1. The summed E-state index contributed by atoms with van der Waals surface area (Å²) in [6, 6.07) is 13.9. The Morgan fingerprint density at radius 1 is 1.24 bits per heavy atom. The number of rotatable bonds is 4. The third-order valence-electron chi connectivity index (χ3n) is 3.69. The number of benzene rings is 2. The first kappa shape index (κ1) is 16.4. The number of methoxy groups -OCH3 is 1. The number of phenols is 1. The van der Waals surface area contributed by atoms with Gasteiger partial charge in [-0.15, -0.1) is 0 Å². The fraction of sp³-hybridized carbons (Fsp3) is 0.105. The minimum absolute atomic E-state index is 0.0454. The minimum atomic E-state index is -0.347. The van der Waals surface area contributed by atoms with E-state index < -0.39 is 0 Å². The summed E-state index contributed by atoms with van der Waals surface area (Å²) < 4.78 is 5.10. The third-order valence-corrected chi connectivity index (χ3v) is 3.69. The van der Waals surface area contributed by atoms with Crippen LogP contribution in [0.2, 0.25) is 0 Å². The molecule has 0 fully saturated rings. The lowest BCUT2D eigenvalue weighted by molar-refractivity contribution is 0.0956. The highest BCUT2D eigenvalue weighted by atomic mass is 16.5. The van der Waals surface area contributed by atoms with Gasteiger partial charge in [0.2, 0.25) is 0 Å². The number of aryl methyl sites for hydroxylation is 1. The number of hydrazone groups is 1. The largest absolute Gasteiger partial charge is 0.507 e. The number of para-hydroxylation sites is 1. The van der Waals surface area contributed by atoms with E-state index in [0.29, 0.717) is 16.9 Å². The zero-order chi connectivity index (χ0) is 17.8. The number of carbonyl (C=O) groups is 1. The van der Waals surface area contributed by atoms with Crippen molar-refractivity contribution in [2.24, 2.45) is 5.10 Å². The second-order valence-corrected chi connectivity index (χ2v) is 5.45. The SMILES string of the molecule is COc1ccc(O)c(C=NNC(=O)c2cc(C)nc3ccccc23)c1. The average Bonchev–Trinajstić information content (AvgIpc) is 2.62. The van der Waals surface area contributed by atoms with Crippen molar-refractivity contribution in [1.29, 1.82) is 0 Å². The summed E-state index contributed by atoms with van der Waals surface area (Å²) in [5, 5.41) is 14.5. The predicted molar refractivity (Wildman–Crippen MR) is 96.2 cm³/mol. The molecular formula is C19H17N3O3. The normalized spacial score (nSPS) is 11.0. The van der Waals surface area contributed by atoms with Gasteiger partial charge in [0.15, 0.2) is 0 Å². The lowest BCUT2D eigenvalue weighted by Crippen LogP contribution is -2.18. The van der Waals surface area contributed by atoms with Gasteiger partial charge in [-0.2, -0.15) is 5.10 Å². The zero-order valence-corrected chi connectivity index (χ0v) is 13.9. The second-order valence-electron chi connectivity index (χ2n) is 5.45. The van der Waals surface area contributed by atoms with Gasteiger partial charge in [0.05, 0.1) is 24.4 Å². The first-order valence-electron chi connectivity index (χ1n) is 7.65. The summed E-state index contributed by atoms with van der Waals surface area (Å²) in [6.45, 7) is 1.83. The summed E-state index contributed by atoms with van der Waals surface area (Å²) in [6.07, 6.45) is 1.37. The molecule has 126 valence electrons. The van der Waals surface area contributed by atoms with Gasteiger partial charge in [0.1, 0.15) is 11.5 Å². The van der Waals surface area contributed by atoms with Gasteiger partial charge in [0, 0.05) is 16.6 Å². The number of hydrogen-bond acceptors (Lipinski definition) is 5. The molecule has 1 heterocycles. The van der Waals surface area contributed by atoms with Crippen LogP contribution in [0.1, 0.15) is 21.6 Å². The smallest absolute Gasteiger partial charge is 0.272 e. The Balaban J connectivity index is 1.84.